The second-order valence-corrected chi connectivity index (χ2v) is 1.77. The molecule has 1 aromatic rings. The molecule has 2 N–H and O–H groups in total. The van der Waals surface area contributed by atoms with Crippen LogP contribution in [0.2, 0.25) is 0 Å². The number of carbonyl (C=O) groups excluding carboxylic acids is 1. The minimum Gasteiger partial charge on any atom is -0.370 e. The molecule has 4 heteroatoms. The number of carbonyl (C=O) groups is 1. The van der Waals surface area contributed by atoms with E-state index in [0.717, 1.165) is 0 Å². The fourth-order valence-electron chi connectivity index (χ4n) is 0.642. The first-order chi connectivity index (χ1) is 4.84. The van der Waals surface area contributed by atoms with E-state index >= 15 is 0 Å². The van der Waals surface area contributed by atoms with E-state index < -0.39 is 5.97 Å². The van der Waals surface area contributed by atoms with E-state index in [-0.39, 0.29) is 32.7 Å². The average molecular weight is 226 g/mol. The summed E-state index contributed by atoms with van der Waals surface area (Å²) in [5, 5.41) is 0. The Bertz CT molecular complexity index is 225. The van der Waals surface area contributed by atoms with Gasteiger partial charge in [0.2, 0.25) is 0 Å². The molecule has 0 aliphatic heterocycles. The number of nitrogens with two attached hydrogens (primary N) is 1. The first kappa shape index (κ1) is 10.8. The normalized spacial score (nSPS) is 8.09. The molecule has 3 nitrogen and oxygen atoms in total. The largest absolute Gasteiger partial charge is 0.370 e. The molecule has 0 spiro atoms. The van der Waals surface area contributed by atoms with Gasteiger partial charge in [-0.15, -0.1) is 0 Å². The molecule has 0 fully saturated rings. The molecule has 0 aliphatic carbocycles. The van der Waals surface area contributed by atoms with Crippen LogP contribution in [-0.2, 0) is 37.5 Å². The summed E-state index contributed by atoms with van der Waals surface area (Å²) in [6, 6.07) is 8.57. The predicted molar refractivity (Wildman–Crippen MR) is 36.0 cm³/mol. The van der Waals surface area contributed by atoms with Crippen LogP contribution in [0.25, 0.3) is 0 Å². The van der Waals surface area contributed by atoms with E-state index in [0.29, 0.717) is 5.56 Å². The summed E-state index contributed by atoms with van der Waals surface area (Å²) in [4.78, 5) is 14.7. The molecule has 1 aromatic carbocycles. The van der Waals surface area contributed by atoms with Gasteiger partial charge >= 0.3 is 5.97 Å². The molecule has 0 aromatic heterocycles. The Morgan fingerprint density at radius 3 is 2.27 bits per heavy atom. The van der Waals surface area contributed by atoms with Crippen LogP contribution in [0.5, 0.6) is 0 Å². The smallest absolute Gasteiger partial charge is 0.356 e. The van der Waals surface area contributed by atoms with Crippen molar-refractivity contribution in [3.05, 3.63) is 35.9 Å². The predicted octanol–water partition coefficient (Wildman–Crippen LogP) is 0.715. The third-order valence-electron chi connectivity index (χ3n) is 1.12. The van der Waals surface area contributed by atoms with E-state index in [1.165, 1.54) is 0 Å². The van der Waals surface area contributed by atoms with Crippen molar-refractivity contribution >= 4 is 5.97 Å². The Labute approximate surface area is 89.7 Å². The second-order valence-electron chi connectivity index (χ2n) is 1.77. The molecule has 1 rings (SSSR count). The summed E-state index contributed by atoms with van der Waals surface area (Å²) in [6.45, 7) is 0. The van der Waals surface area contributed by atoms with Crippen LogP contribution in [0, 0.1) is 0 Å². The van der Waals surface area contributed by atoms with Gasteiger partial charge < -0.3 is 4.84 Å². The molecule has 0 bridgehead atoms. The fourth-order valence-corrected chi connectivity index (χ4v) is 0.642. The Hall–Kier alpha value is -0.246. The summed E-state index contributed by atoms with van der Waals surface area (Å²) in [7, 11) is 0. The molecule has 55 valence electrons. The van der Waals surface area contributed by atoms with Crippen LogP contribution in [-0.4, -0.2) is 5.97 Å². The van der Waals surface area contributed by atoms with E-state index in [2.05, 4.69) is 10.7 Å². The molecular weight excluding hydrogens is 219 g/mol. The van der Waals surface area contributed by atoms with Crippen molar-refractivity contribution in [3.63, 3.8) is 0 Å². The third kappa shape index (κ3) is 3.10. The maximum absolute atomic E-state index is 10.7. The Morgan fingerprint density at radius 1 is 1.27 bits per heavy atom. The second kappa shape index (κ2) is 5.41. The van der Waals surface area contributed by atoms with E-state index in [1.54, 1.807) is 24.3 Å². The van der Waals surface area contributed by atoms with Crippen LogP contribution >= 0.6 is 0 Å². The van der Waals surface area contributed by atoms with Gasteiger partial charge in [-0.2, -0.15) is 5.90 Å². The first-order valence-electron chi connectivity index (χ1n) is 2.80. The maximum Gasteiger partial charge on any atom is 0.356 e. The molecule has 0 saturated carbocycles. The summed E-state index contributed by atoms with van der Waals surface area (Å²) < 4.78 is 0. The van der Waals surface area contributed by atoms with Gasteiger partial charge in [0.15, 0.2) is 0 Å². The van der Waals surface area contributed by atoms with Crippen LogP contribution in [0.4, 0.5) is 0 Å². The molecule has 0 saturated heterocycles. The molecule has 0 atom stereocenters. The van der Waals surface area contributed by atoms with Gasteiger partial charge in [0.05, 0.1) is 5.56 Å². The van der Waals surface area contributed by atoms with Crippen molar-refractivity contribution in [1.29, 1.82) is 0 Å². The summed E-state index contributed by atoms with van der Waals surface area (Å²) in [6.07, 6.45) is 0. The summed E-state index contributed by atoms with van der Waals surface area (Å²) in [5.41, 5.74) is 0.463. The van der Waals surface area contributed by atoms with Crippen molar-refractivity contribution in [3.8, 4) is 0 Å². The average Bonchev–Trinajstić information content (AvgIpc) is 2.05. The number of hydrogen-bond donors (Lipinski definition) is 1. The first-order valence-corrected chi connectivity index (χ1v) is 2.80. The SMILES string of the molecule is NOC(=O)c1ccccc1.[Y]. The monoisotopic (exact) mass is 226 g/mol. The zero-order valence-corrected chi connectivity index (χ0v) is 8.70. The molecule has 0 unspecified atom stereocenters. The number of benzene rings is 1. The quantitative estimate of drug-likeness (QED) is 0.717. The van der Waals surface area contributed by atoms with Gasteiger partial charge in [-0.1, -0.05) is 18.2 Å². The van der Waals surface area contributed by atoms with Crippen molar-refractivity contribution in [1.82, 2.24) is 0 Å². The Kier molecular flexibility index (Phi) is 5.29. The fraction of sp³-hybridized carbons (Fsp3) is 0. The van der Waals surface area contributed by atoms with Gasteiger partial charge in [0.25, 0.3) is 0 Å². The van der Waals surface area contributed by atoms with Crippen LogP contribution < -0.4 is 5.90 Å². The molecule has 0 amide bonds. The summed E-state index contributed by atoms with van der Waals surface area (Å²) in [5.74, 6) is 4.14. The van der Waals surface area contributed by atoms with E-state index in [4.69, 9.17) is 0 Å². The maximum atomic E-state index is 10.7. The zero-order valence-electron chi connectivity index (χ0n) is 5.86. The van der Waals surface area contributed by atoms with Crippen LogP contribution in [0.1, 0.15) is 10.4 Å². The van der Waals surface area contributed by atoms with Crippen LogP contribution in [0.15, 0.2) is 30.3 Å². The molecule has 11 heavy (non-hydrogen) atoms. The van der Waals surface area contributed by atoms with Crippen LogP contribution in [0.3, 0.4) is 0 Å². The van der Waals surface area contributed by atoms with Crippen molar-refractivity contribution in [2.24, 2.45) is 5.90 Å². The topological polar surface area (TPSA) is 52.3 Å². The van der Waals surface area contributed by atoms with Gasteiger partial charge in [-0.05, 0) is 12.1 Å². The summed E-state index contributed by atoms with van der Waals surface area (Å²) >= 11 is 0. The Morgan fingerprint density at radius 2 is 1.82 bits per heavy atom. The Balaban J connectivity index is 0.000001000. The third-order valence-corrected chi connectivity index (χ3v) is 1.12. The molecule has 0 aliphatic rings. The number of rotatable bonds is 1. The van der Waals surface area contributed by atoms with Crippen molar-refractivity contribution < 1.29 is 42.3 Å². The van der Waals surface area contributed by atoms with E-state index in [1.807, 2.05) is 6.07 Å². The van der Waals surface area contributed by atoms with Crippen molar-refractivity contribution in [2.75, 3.05) is 0 Å². The minimum atomic E-state index is -0.513. The van der Waals surface area contributed by atoms with Gasteiger partial charge in [-0.3, -0.25) is 0 Å². The molecule has 0 heterocycles. The minimum absolute atomic E-state index is 0. The van der Waals surface area contributed by atoms with Gasteiger partial charge in [0.1, 0.15) is 0 Å². The molecular formula is C7H7NO2Y. The number of hydrogen-bond acceptors (Lipinski definition) is 3. The standard InChI is InChI=1S/C7H7NO2.Y/c8-10-7(9)6-4-2-1-3-5-6;/h1-5H,8H2;. The zero-order chi connectivity index (χ0) is 7.40. The van der Waals surface area contributed by atoms with Gasteiger partial charge in [-0.25, -0.2) is 4.79 Å². The van der Waals surface area contributed by atoms with E-state index in [9.17, 15) is 4.79 Å². The van der Waals surface area contributed by atoms with Gasteiger partial charge in [0, 0.05) is 32.7 Å². The molecule has 1 radical (unpaired) electrons. The van der Waals surface area contributed by atoms with Crippen molar-refractivity contribution in [2.45, 2.75) is 0 Å².